The molecule has 9 atom stereocenters. The minimum absolute atomic E-state index is 0.0431. The van der Waals surface area contributed by atoms with Crippen LogP contribution >= 0.6 is 11.6 Å². The maximum absolute atomic E-state index is 17.2. The first-order valence-electron chi connectivity index (χ1n) is 11.6. The lowest BCUT2D eigenvalue weighted by molar-refractivity contribution is -0.230. The fraction of sp³-hybridized carbons (Fsp3) is 0.720. The lowest BCUT2D eigenvalue weighted by atomic mass is 9.44. The molecule has 0 saturated heterocycles. The maximum Gasteiger partial charge on any atom is 0.306 e. The van der Waals surface area contributed by atoms with Crippen LogP contribution in [-0.4, -0.2) is 52.1 Å². The van der Waals surface area contributed by atoms with Gasteiger partial charge in [0.1, 0.15) is 6.17 Å². The summed E-state index contributed by atoms with van der Waals surface area (Å²) in [4.78, 5) is 37.7. The lowest BCUT2D eigenvalue weighted by Crippen LogP contribution is -2.71. The van der Waals surface area contributed by atoms with Crippen molar-refractivity contribution >= 4 is 29.1 Å². The Hall–Kier alpha value is -1.60. The van der Waals surface area contributed by atoms with Crippen LogP contribution in [0.4, 0.5) is 8.78 Å². The molecule has 0 spiro atoms. The highest BCUT2D eigenvalue weighted by Gasteiger charge is 2.77. The molecule has 1 N–H and O–H groups in total. The number of esters is 1. The SMILES string of the molecule is CCC(=O)O[C@]1(C(=O)CCl)[C@@H](C)C[C@@H]2[C@@H]3C[C@H](F)C4=CC(=O)C=C[C@]4(C)[C@@]3(F)[C@H](O)C[C@@]21C. The monoisotopic (exact) mass is 484 g/mol. The summed E-state index contributed by atoms with van der Waals surface area (Å²) in [5, 5.41) is 11.4. The van der Waals surface area contributed by atoms with E-state index in [1.54, 1.807) is 20.8 Å². The lowest BCUT2D eigenvalue weighted by Gasteiger charge is -2.63. The fourth-order valence-corrected chi connectivity index (χ4v) is 7.94. The first kappa shape index (κ1) is 24.5. The predicted octanol–water partition coefficient (Wildman–Crippen LogP) is 4.05. The molecule has 8 heteroatoms. The van der Waals surface area contributed by atoms with Crippen LogP contribution in [0.2, 0.25) is 0 Å². The quantitative estimate of drug-likeness (QED) is 0.481. The molecule has 0 heterocycles. The van der Waals surface area contributed by atoms with Crippen molar-refractivity contribution < 1.29 is 33.0 Å². The molecule has 0 aromatic carbocycles. The number of fused-ring (bicyclic) bond motifs is 5. The number of halogens is 3. The summed E-state index contributed by atoms with van der Waals surface area (Å²) in [6.07, 6.45) is 0.584. The second kappa shape index (κ2) is 7.70. The van der Waals surface area contributed by atoms with Crippen LogP contribution < -0.4 is 0 Å². The minimum atomic E-state index is -2.25. The molecule has 0 bridgehead atoms. The van der Waals surface area contributed by atoms with Crippen LogP contribution in [-0.2, 0) is 19.1 Å². The molecule has 33 heavy (non-hydrogen) atoms. The average Bonchev–Trinajstić information content (AvgIpc) is 2.98. The zero-order valence-corrected chi connectivity index (χ0v) is 20.1. The van der Waals surface area contributed by atoms with Gasteiger partial charge in [-0.05, 0) is 49.8 Å². The Kier molecular flexibility index (Phi) is 5.73. The van der Waals surface area contributed by atoms with Crippen LogP contribution in [0.15, 0.2) is 23.8 Å². The molecule has 4 rings (SSSR count). The van der Waals surface area contributed by atoms with Gasteiger partial charge in [0.2, 0.25) is 0 Å². The van der Waals surface area contributed by atoms with Crippen molar-refractivity contribution in [1.29, 1.82) is 0 Å². The van der Waals surface area contributed by atoms with Crippen LogP contribution in [0.1, 0.15) is 53.4 Å². The van der Waals surface area contributed by atoms with Crippen molar-refractivity contribution in [3.8, 4) is 0 Å². The maximum atomic E-state index is 17.2. The number of hydrogen-bond donors (Lipinski definition) is 1. The fourth-order valence-electron chi connectivity index (χ4n) is 7.74. The first-order valence-corrected chi connectivity index (χ1v) is 12.1. The molecule has 0 amide bonds. The van der Waals surface area contributed by atoms with E-state index in [1.165, 1.54) is 19.1 Å². The van der Waals surface area contributed by atoms with E-state index in [-0.39, 0.29) is 24.8 Å². The molecule has 182 valence electrons. The van der Waals surface area contributed by atoms with Crippen molar-refractivity contribution in [1.82, 2.24) is 0 Å². The molecule has 0 aromatic heterocycles. The number of rotatable bonds is 4. The summed E-state index contributed by atoms with van der Waals surface area (Å²) in [5.41, 5.74) is -6.47. The summed E-state index contributed by atoms with van der Waals surface area (Å²) >= 11 is 5.97. The van der Waals surface area contributed by atoms with Gasteiger partial charge in [0.25, 0.3) is 0 Å². The summed E-state index contributed by atoms with van der Waals surface area (Å²) in [6.45, 7) is 6.64. The van der Waals surface area contributed by atoms with Gasteiger partial charge in [0.05, 0.1) is 12.0 Å². The van der Waals surface area contributed by atoms with Crippen molar-refractivity contribution in [2.75, 3.05) is 5.88 Å². The second-order valence-corrected chi connectivity index (χ2v) is 10.9. The van der Waals surface area contributed by atoms with E-state index in [2.05, 4.69) is 0 Å². The Morgan fingerprint density at radius 2 is 1.94 bits per heavy atom. The van der Waals surface area contributed by atoms with E-state index in [1.807, 2.05) is 0 Å². The van der Waals surface area contributed by atoms with Gasteiger partial charge in [-0.15, -0.1) is 11.6 Å². The van der Waals surface area contributed by atoms with Crippen molar-refractivity contribution in [3.05, 3.63) is 23.8 Å². The van der Waals surface area contributed by atoms with Crippen molar-refractivity contribution in [3.63, 3.8) is 0 Å². The number of ether oxygens (including phenoxy) is 1. The molecule has 3 saturated carbocycles. The molecular weight excluding hydrogens is 454 g/mol. The van der Waals surface area contributed by atoms with E-state index in [0.717, 1.165) is 6.08 Å². The molecule has 3 fully saturated rings. The van der Waals surface area contributed by atoms with Gasteiger partial charge < -0.3 is 9.84 Å². The smallest absolute Gasteiger partial charge is 0.306 e. The molecule has 0 radical (unpaired) electrons. The van der Waals surface area contributed by atoms with Gasteiger partial charge in [0.15, 0.2) is 22.8 Å². The third-order valence-corrected chi connectivity index (χ3v) is 9.51. The second-order valence-electron chi connectivity index (χ2n) is 10.6. The molecule has 0 unspecified atom stereocenters. The standard InChI is InChI=1S/C25H31ClF2O5/c1-5-21(32)33-25(20(31)12-26)13(2)8-15-16-10-18(27)17-9-14(29)6-7-22(17,3)24(16,28)19(30)11-23(15,25)4/h6-7,9,13,15-16,18-19,30H,5,8,10-12H2,1-4H3/t13-,15+,16-,18-,19+,22-,23-,24-,25-/m0/s1. The number of carbonyl (C=O) groups excluding carboxylic acids is 3. The normalized spacial score (nSPS) is 48.4. The molecule has 4 aliphatic rings. The third kappa shape index (κ3) is 2.87. The number of carbonyl (C=O) groups is 3. The van der Waals surface area contributed by atoms with Gasteiger partial charge in [-0.1, -0.05) is 26.8 Å². The zero-order valence-electron chi connectivity index (χ0n) is 19.4. The van der Waals surface area contributed by atoms with E-state index in [0.29, 0.717) is 6.42 Å². The highest BCUT2D eigenvalue weighted by molar-refractivity contribution is 6.29. The largest absolute Gasteiger partial charge is 0.450 e. The molecule has 0 aliphatic heterocycles. The van der Waals surface area contributed by atoms with Crippen LogP contribution in [0.5, 0.6) is 0 Å². The third-order valence-electron chi connectivity index (χ3n) is 9.27. The van der Waals surface area contributed by atoms with Gasteiger partial charge >= 0.3 is 5.97 Å². The topological polar surface area (TPSA) is 80.7 Å². The van der Waals surface area contributed by atoms with E-state index in [4.69, 9.17) is 16.3 Å². The van der Waals surface area contributed by atoms with Gasteiger partial charge in [-0.25, -0.2) is 8.78 Å². The van der Waals surface area contributed by atoms with Crippen molar-refractivity contribution in [2.45, 2.75) is 76.9 Å². The number of Topliss-reactive ketones (excluding diaryl/α,β-unsaturated/α-hetero) is 1. The molecular formula is C25H31ClF2O5. The number of allylic oxidation sites excluding steroid dienone is 4. The zero-order chi connectivity index (χ0) is 24.6. The summed E-state index contributed by atoms with van der Waals surface area (Å²) in [6, 6.07) is 0. The first-order chi connectivity index (χ1) is 15.3. The summed E-state index contributed by atoms with van der Waals surface area (Å²) < 4.78 is 38.5. The highest BCUT2D eigenvalue weighted by atomic mass is 35.5. The Morgan fingerprint density at radius 1 is 1.27 bits per heavy atom. The number of hydrogen-bond acceptors (Lipinski definition) is 5. The number of ketones is 2. The minimum Gasteiger partial charge on any atom is -0.450 e. The van der Waals surface area contributed by atoms with E-state index in [9.17, 15) is 19.5 Å². The van der Waals surface area contributed by atoms with Crippen LogP contribution in [0.3, 0.4) is 0 Å². The van der Waals surface area contributed by atoms with Gasteiger partial charge in [-0.2, -0.15) is 0 Å². The molecule has 4 aliphatic carbocycles. The van der Waals surface area contributed by atoms with E-state index < -0.39 is 75.5 Å². The number of aliphatic hydroxyl groups excluding tert-OH is 1. The molecule has 0 aromatic rings. The summed E-state index contributed by atoms with van der Waals surface area (Å²) in [5.74, 6) is -3.84. The Bertz CT molecular complexity index is 964. The summed E-state index contributed by atoms with van der Waals surface area (Å²) in [7, 11) is 0. The highest BCUT2D eigenvalue weighted by Crippen LogP contribution is 2.71. The van der Waals surface area contributed by atoms with Crippen LogP contribution in [0.25, 0.3) is 0 Å². The van der Waals surface area contributed by atoms with Crippen molar-refractivity contribution in [2.24, 2.45) is 28.6 Å². The van der Waals surface area contributed by atoms with E-state index >= 15 is 8.78 Å². The Morgan fingerprint density at radius 3 is 2.55 bits per heavy atom. The average molecular weight is 485 g/mol. The Balaban J connectivity index is 1.88. The predicted molar refractivity (Wildman–Crippen MR) is 118 cm³/mol. The Labute approximate surface area is 197 Å². The van der Waals surface area contributed by atoms with Gasteiger partial charge in [-0.3, -0.25) is 14.4 Å². The van der Waals surface area contributed by atoms with Crippen LogP contribution in [0, 0.1) is 28.6 Å². The van der Waals surface area contributed by atoms with Gasteiger partial charge in [0, 0.05) is 29.1 Å². The molecule has 5 nitrogen and oxygen atoms in total. The number of aliphatic hydroxyl groups is 1. The number of alkyl halides is 3.